The lowest BCUT2D eigenvalue weighted by Crippen LogP contribution is -2.02. The third-order valence-electron chi connectivity index (χ3n) is 2.95. The zero-order valence-corrected chi connectivity index (χ0v) is 10.9. The lowest BCUT2D eigenvalue weighted by molar-refractivity contribution is 0.0693. The van der Waals surface area contributed by atoms with E-state index < -0.39 is 5.97 Å². The van der Waals surface area contributed by atoms with Gasteiger partial charge in [0.15, 0.2) is 11.5 Å². The Hall–Kier alpha value is -3.09. The molecule has 0 saturated heterocycles. The highest BCUT2D eigenvalue weighted by atomic mass is 16.5. The summed E-state index contributed by atoms with van der Waals surface area (Å²) in [5.74, 6) is -0.0430. The average molecular weight is 284 g/mol. The molecule has 3 aromatic heterocycles. The minimum Gasteiger partial charge on any atom is -0.484 e. The number of aromatic nitrogens is 3. The predicted molar refractivity (Wildman–Crippen MR) is 75.1 cm³/mol. The van der Waals surface area contributed by atoms with Crippen LogP contribution in [0.1, 0.15) is 16.3 Å². The van der Waals surface area contributed by atoms with Crippen molar-refractivity contribution in [1.82, 2.24) is 14.4 Å². The van der Waals surface area contributed by atoms with Crippen LogP contribution in [0.25, 0.3) is 5.52 Å². The molecule has 3 N–H and O–H groups in total. The number of rotatable bonds is 4. The summed E-state index contributed by atoms with van der Waals surface area (Å²) in [5.41, 5.74) is 6.56. The van der Waals surface area contributed by atoms with Gasteiger partial charge in [0.05, 0.1) is 11.7 Å². The molecule has 7 nitrogen and oxygen atoms in total. The molecule has 0 aliphatic carbocycles. The molecule has 0 aliphatic heterocycles. The second kappa shape index (κ2) is 5.12. The van der Waals surface area contributed by atoms with E-state index in [1.165, 1.54) is 0 Å². The number of ether oxygens (including phenoxy) is 1. The molecular formula is C14H12N4O3. The maximum absolute atomic E-state index is 11.2. The van der Waals surface area contributed by atoms with Gasteiger partial charge in [-0.2, -0.15) is 0 Å². The van der Waals surface area contributed by atoms with E-state index >= 15 is 0 Å². The molecule has 7 heteroatoms. The first kappa shape index (κ1) is 12.9. The van der Waals surface area contributed by atoms with Gasteiger partial charge in [-0.15, -0.1) is 0 Å². The van der Waals surface area contributed by atoms with Crippen LogP contribution in [0, 0.1) is 0 Å². The quantitative estimate of drug-likeness (QED) is 0.754. The Bertz CT molecular complexity index is 799. The maximum atomic E-state index is 11.2. The van der Waals surface area contributed by atoms with Crippen molar-refractivity contribution < 1.29 is 14.6 Å². The number of imidazole rings is 1. The number of nitrogen functional groups attached to an aromatic ring is 1. The van der Waals surface area contributed by atoms with Crippen LogP contribution < -0.4 is 10.5 Å². The van der Waals surface area contributed by atoms with Crippen molar-refractivity contribution in [3.05, 3.63) is 54.4 Å². The van der Waals surface area contributed by atoms with E-state index in [-0.39, 0.29) is 12.3 Å². The van der Waals surface area contributed by atoms with E-state index in [1.54, 1.807) is 47.3 Å². The number of hydrogen-bond acceptors (Lipinski definition) is 5. The molecule has 3 rings (SSSR count). The van der Waals surface area contributed by atoms with Gasteiger partial charge in [-0.3, -0.25) is 9.38 Å². The van der Waals surface area contributed by atoms with E-state index in [0.29, 0.717) is 22.8 Å². The lowest BCUT2D eigenvalue weighted by atomic mass is 10.3. The minimum atomic E-state index is -1.11. The van der Waals surface area contributed by atoms with Crippen molar-refractivity contribution in [3.63, 3.8) is 0 Å². The van der Waals surface area contributed by atoms with Gasteiger partial charge in [0.25, 0.3) is 0 Å². The Morgan fingerprint density at radius 3 is 3.00 bits per heavy atom. The van der Waals surface area contributed by atoms with Crippen molar-refractivity contribution in [3.8, 4) is 5.75 Å². The van der Waals surface area contributed by atoms with E-state index in [4.69, 9.17) is 10.5 Å². The van der Waals surface area contributed by atoms with Crippen molar-refractivity contribution in [2.45, 2.75) is 6.61 Å². The second-order valence-corrected chi connectivity index (χ2v) is 4.37. The van der Waals surface area contributed by atoms with Crippen LogP contribution in [0.3, 0.4) is 0 Å². The van der Waals surface area contributed by atoms with Gasteiger partial charge in [0.1, 0.15) is 12.4 Å². The third kappa shape index (κ3) is 2.48. The van der Waals surface area contributed by atoms with Crippen molar-refractivity contribution in [1.29, 1.82) is 0 Å². The SMILES string of the molecule is Nc1ccn2c(COc3cccnc3)nc(C(=O)O)c2c1. The Morgan fingerprint density at radius 1 is 1.43 bits per heavy atom. The highest BCUT2D eigenvalue weighted by Crippen LogP contribution is 2.18. The molecule has 0 radical (unpaired) electrons. The summed E-state index contributed by atoms with van der Waals surface area (Å²) >= 11 is 0. The van der Waals surface area contributed by atoms with Crippen LogP contribution in [0.5, 0.6) is 5.75 Å². The second-order valence-electron chi connectivity index (χ2n) is 4.37. The summed E-state index contributed by atoms with van der Waals surface area (Å²) in [6.45, 7) is 0.129. The molecule has 3 heterocycles. The van der Waals surface area contributed by atoms with E-state index in [9.17, 15) is 9.90 Å². The summed E-state index contributed by atoms with van der Waals surface area (Å²) in [6, 6.07) is 6.76. The monoisotopic (exact) mass is 284 g/mol. The number of fused-ring (bicyclic) bond motifs is 1. The maximum Gasteiger partial charge on any atom is 0.356 e. The van der Waals surface area contributed by atoms with Gasteiger partial charge in [-0.05, 0) is 24.3 Å². The Morgan fingerprint density at radius 2 is 2.29 bits per heavy atom. The summed E-state index contributed by atoms with van der Waals surface area (Å²) in [4.78, 5) is 19.3. The van der Waals surface area contributed by atoms with Crippen LogP contribution >= 0.6 is 0 Å². The number of nitrogens with two attached hydrogens (primary N) is 1. The molecular weight excluding hydrogens is 272 g/mol. The lowest BCUT2D eigenvalue weighted by Gasteiger charge is -2.05. The molecule has 0 saturated carbocycles. The molecule has 3 aromatic rings. The zero-order chi connectivity index (χ0) is 14.8. The first-order valence-corrected chi connectivity index (χ1v) is 6.18. The number of anilines is 1. The fourth-order valence-corrected chi connectivity index (χ4v) is 2.00. The molecule has 0 atom stereocenters. The molecule has 0 amide bonds. The summed E-state index contributed by atoms with van der Waals surface area (Å²) in [7, 11) is 0. The van der Waals surface area contributed by atoms with Crippen LogP contribution in [0.2, 0.25) is 0 Å². The number of carboxylic acids is 1. The summed E-state index contributed by atoms with van der Waals surface area (Å²) in [5, 5.41) is 9.20. The van der Waals surface area contributed by atoms with Crippen LogP contribution in [0.4, 0.5) is 5.69 Å². The first-order chi connectivity index (χ1) is 10.1. The largest absolute Gasteiger partial charge is 0.484 e. The number of pyridine rings is 2. The molecule has 106 valence electrons. The molecule has 0 spiro atoms. The number of carboxylic acid groups (broad SMARTS) is 1. The van der Waals surface area contributed by atoms with Crippen molar-refractivity contribution in [2.75, 3.05) is 5.73 Å². The fraction of sp³-hybridized carbons (Fsp3) is 0.0714. The Labute approximate surface area is 119 Å². The highest BCUT2D eigenvalue weighted by Gasteiger charge is 2.17. The minimum absolute atomic E-state index is 0.0490. The Kier molecular flexibility index (Phi) is 3.15. The van der Waals surface area contributed by atoms with Gasteiger partial charge in [-0.25, -0.2) is 9.78 Å². The molecule has 0 unspecified atom stereocenters. The molecule has 21 heavy (non-hydrogen) atoms. The number of carbonyl (C=O) groups is 1. The molecule has 0 aromatic carbocycles. The highest BCUT2D eigenvalue weighted by molar-refractivity contribution is 5.94. The predicted octanol–water partition coefficient (Wildman–Crippen LogP) is 1.59. The summed E-state index contributed by atoms with van der Waals surface area (Å²) < 4.78 is 7.20. The van der Waals surface area contributed by atoms with E-state index in [0.717, 1.165) is 0 Å². The van der Waals surface area contributed by atoms with Gasteiger partial charge in [0.2, 0.25) is 0 Å². The fourth-order valence-electron chi connectivity index (χ4n) is 2.00. The Balaban J connectivity index is 1.97. The zero-order valence-electron chi connectivity index (χ0n) is 10.9. The number of hydrogen-bond donors (Lipinski definition) is 2. The topological polar surface area (TPSA) is 103 Å². The van der Waals surface area contributed by atoms with Crippen LogP contribution in [-0.4, -0.2) is 25.4 Å². The van der Waals surface area contributed by atoms with Crippen LogP contribution in [0.15, 0.2) is 42.9 Å². The van der Waals surface area contributed by atoms with Crippen molar-refractivity contribution >= 4 is 17.2 Å². The first-order valence-electron chi connectivity index (χ1n) is 6.18. The smallest absolute Gasteiger partial charge is 0.356 e. The number of aromatic carboxylic acids is 1. The molecule has 0 aliphatic rings. The summed E-state index contributed by atoms with van der Waals surface area (Å²) in [6.07, 6.45) is 4.89. The van der Waals surface area contributed by atoms with Crippen LogP contribution in [-0.2, 0) is 6.61 Å². The van der Waals surface area contributed by atoms with Gasteiger partial charge >= 0.3 is 5.97 Å². The molecule has 0 fully saturated rings. The average Bonchev–Trinajstić information content (AvgIpc) is 2.84. The molecule has 0 bridgehead atoms. The van der Waals surface area contributed by atoms with Gasteiger partial charge in [-0.1, -0.05) is 0 Å². The van der Waals surface area contributed by atoms with Crippen molar-refractivity contribution in [2.24, 2.45) is 0 Å². The van der Waals surface area contributed by atoms with Gasteiger partial charge in [0, 0.05) is 18.1 Å². The van der Waals surface area contributed by atoms with E-state index in [1.807, 2.05) is 0 Å². The van der Waals surface area contributed by atoms with E-state index in [2.05, 4.69) is 9.97 Å². The third-order valence-corrected chi connectivity index (χ3v) is 2.95. The standard InChI is InChI=1S/C14H12N4O3/c15-9-3-5-18-11(6-9)13(14(19)20)17-12(18)8-21-10-2-1-4-16-7-10/h1-7H,8,15H2,(H,19,20). The normalized spacial score (nSPS) is 10.7. The van der Waals surface area contributed by atoms with Gasteiger partial charge < -0.3 is 15.6 Å². The number of nitrogens with zero attached hydrogens (tertiary/aromatic N) is 3.